The van der Waals surface area contributed by atoms with Gasteiger partial charge in [-0.15, -0.1) is 0 Å². The van der Waals surface area contributed by atoms with Crippen molar-refractivity contribution in [3.8, 4) is 0 Å². The number of aliphatic carboxylic acids is 1. The molecule has 2 heterocycles. The number of carboxylic acids is 1. The summed E-state index contributed by atoms with van der Waals surface area (Å²) in [4.78, 5) is 29.9. The molecule has 0 radical (unpaired) electrons. The topological polar surface area (TPSA) is 79.2 Å². The van der Waals surface area contributed by atoms with E-state index in [2.05, 4.69) is 4.99 Å². The molecule has 0 aromatic heterocycles. The minimum atomic E-state index is -4.49. The summed E-state index contributed by atoms with van der Waals surface area (Å²) in [7, 11) is 1.21. The molecule has 0 saturated carbocycles. The van der Waals surface area contributed by atoms with E-state index >= 15 is 0 Å². The molecule has 0 bridgehead atoms. The fourth-order valence-electron chi connectivity index (χ4n) is 3.24. The van der Waals surface area contributed by atoms with Crippen molar-refractivity contribution >= 4 is 28.9 Å². The predicted molar refractivity (Wildman–Crippen MR) is 101 cm³/mol. The molecule has 2 aliphatic rings. The normalized spacial score (nSPS) is 18.9. The number of carbonyl (C=O) groups excluding carboxylic acids is 1. The number of hydrogen-bond donors (Lipinski definition) is 1. The summed E-state index contributed by atoms with van der Waals surface area (Å²) in [5, 5.41) is 11.3. The number of allylic oxidation sites excluding steroid dienone is 1. The molecular formula is C19H17F3N2O4S. The van der Waals surface area contributed by atoms with Crippen molar-refractivity contribution < 1.29 is 32.6 Å². The minimum Gasteiger partial charge on any atom is -0.481 e. The monoisotopic (exact) mass is 426 g/mol. The lowest BCUT2D eigenvalue weighted by atomic mass is 9.92. The second-order valence-electron chi connectivity index (χ2n) is 6.29. The van der Waals surface area contributed by atoms with Crippen LogP contribution < -0.4 is 0 Å². The number of thioether (sulfide) groups is 1. The maximum absolute atomic E-state index is 13.0. The van der Waals surface area contributed by atoms with Gasteiger partial charge < -0.3 is 14.7 Å². The van der Waals surface area contributed by atoms with E-state index in [1.807, 2.05) is 0 Å². The number of carboxylic acid groups (broad SMARTS) is 1. The fraction of sp³-hybridized carbons (Fsp3) is 0.316. The molecule has 1 atom stereocenters. The van der Waals surface area contributed by atoms with E-state index in [-0.39, 0.29) is 12.0 Å². The van der Waals surface area contributed by atoms with Gasteiger partial charge >= 0.3 is 18.1 Å². The molecule has 2 aliphatic heterocycles. The second-order valence-corrected chi connectivity index (χ2v) is 7.13. The number of amidine groups is 1. The van der Waals surface area contributed by atoms with Gasteiger partial charge in [0.1, 0.15) is 0 Å². The van der Waals surface area contributed by atoms with Gasteiger partial charge in [-0.3, -0.25) is 4.79 Å². The highest BCUT2D eigenvalue weighted by Crippen LogP contribution is 2.45. The molecule has 1 aromatic rings. The lowest BCUT2D eigenvalue weighted by Crippen LogP contribution is -2.37. The molecule has 6 nitrogen and oxygen atoms in total. The van der Waals surface area contributed by atoms with Crippen molar-refractivity contribution in [3.63, 3.8) is 0 Å². The van der Waals surface area contributed by atoms with Crippen LogP contribution in [0.5, 0.6) is 0 Å². The van der Waals surface area contributed by atoms with Gasteiger partial charge in [0.15, 0.2) is 5.17 Å². The highest BCUT2D eigenvalue weighted by atomic mass is 32.2. The largest absolute Gasteiger partial charge is 0.481 e. The summed E-state index contributed by atoms with van der Waals surface area (Å²) < 4.78 is 43.8. The zero-order chi connectivity index (χ0) is 21.3. The van der Waals surface area contributed by atoms with Crippen molar-refractivity contribution in [2.45, 2.75) is 32.0 Å². The molecule has 1 unspecified atom stereocenters. The van der Waals surface area contributed by atoms with Crippen molar-refractivity contribution in [2.24, 2.45) is 4.99 Å². The van der Waals surface area contributed by atoms with Gasteiger partial charge in [0, 0.05) is 5.70 Å². The first kappa shape index (κ1) is 21.0. The quantitative estimate of drug-likeness (QED) is 0.707. The Morgan fingerprint density at radius 3 is 2.45 bits per heavy atom. The van der Waals surface area contributed by atoms with E-state index in [0.29, 0.717) is 28.5 Å². The van der Waals surface area contributed by atoms with E-state index < -0.39 is 29.7 Å². The molecule has 3 rings (SSSR count). The lowest BCUT2D eigenvalue weighted by molar-refractivity contribution is -0.138. The summed E-state index contributed by atoms with van der Waals surface area (Å²) in [6.07, 6.45) is -4.42. The summed E-state index contributed by atoms with van der Waals surface area (Å²) in [5.41, 5.74) is 0.600. The standard InChI is InChI=1S/C19H17F3N2O4S/c1-3-13-15(17(27)28-2)16(10-4-6-11(7-5-10)19(20,21)22)24-12(8-14(25)26)9-29-18(24)23-13/h4-7,9,16H,3,8H2,1-2H3,(H,25,26). The molecule has 0 fully saturated rings. The minimum absolute atomic E-state index is 0.178. The Bertz CT molecular complexity index is 936. The Hall–Kier alpha value is -2.75. The number of fused-ring (bicyclic) bond motifs is 1. The highest BCUT2D eigenvalue weighted by Gasteiger charge is 2.41. The molecule has 0 spiro atoms. The van der Waals surface area contributed by atoms with E-state index in [1.54, 1.807) is 17.2 Å². The first-order chi connectivity index (χ1) is 13.7. The summed E-state index contributed by atoms with van der Waals surface area (Å²) in [5.74, 6) is -1.74. The van der Waals surface area contributed by atoms with Crippen LogP contribution in [0.15, 0.2) is 51.6 Å². The number of nitrogens with zero attached hydrogens (tertiary/aromatic N) is 2. The Balaban J connectivity index is 2.15. The van der Waals surface area contributed by atoms with Crippen LogP contribution in [-0.2, 0) is 20.5 Å². The average Bonchev–Trinajstić information content (AvgIpc) is 3.07. The van der Waals surface area contributed by atoms with Gasteiger partial charge in [-0.1, -0.05) is 30.8 Å². The van der Waals surface area contributed by atoms with Gasteiger partial charge in [0.2, 0.25) is 0 Å². The van der Waals surface area contributed by atoms with Crippen LogP contribution >= 0.6 is 11.8 Å². The van der Waals surface area contributed by atoms with Gasteiger partial charge in [-0.25, -0.2) is 9.79 Å². The van der Waals surface area contributed by atoms with Gasteiger partial charge in [-0.2, -0.15) is 13.2 Å². The molecule has 1 aromatic carbocycles. The van der Waals surface area contributed by atoms with E-state index in [4.69, 9.17) is 4.74 Å². The summed E-state index contributed by atoms with van der Waals surface area (Å²) in [6, 6.07) is 3.60. The van der Waals surface area contributed by atoms with E-state index in [9.17, 15) is 27.9 Å². The number of methoxy groups -OCH3 is 1. The van der Waals surface area contributed by atoms with Crippen LogP contribution in [0.3, 0.4) is 0 Å². The molecule has 0 amide bonds. The van der Waals surface area contributed by atoms with Crippen molar-refractivity contribution in [3.05, 3.63) is 57.8 Å². The lowest BCUT2D eigenvalue weighted by Gasteiger charge is -2.36. The second kappa shape index (κ2) is 7.94. The Morgan fingerprint density at radius 1 is 1.28 bits per heavy atom. The number of hydrogen-bond acceptors (Lipinski definition) is 6. The van der Waals surface area contributed by atoms with Crippen LogP contribution in [0.1, 0.15) is 36.9 Å². The molecule has 10 heteroatoms. The number of aliphatic imine (C=N–C) groups is 1. The van der Waals surface area contributed by atoms with Gasteiger partial charge in [-0.05, 0) is 29.5 Å². The summed E-state index contributed by atoms with van der Waals surface area (Å²) >= 11 is 1.21. The first-order valence-electron chi connectivity index (χ1n) is 8.61. The predicted octanol–water partition coefficient (Wildman–Crippen LogP) is 4.32. The maximum atomic E-state index is 13.0. The average molecular weight is 426 g/mol. The molecule has 1 N–H and O–H groups in total. The van der Waals surface area contributed by atoms with Crippen molar-refractivity contribution in [1.82, 2.24) is 4.90 Å². The first-order valence-corrected chi connectivity index (χ1v) is 9.49. The third-order valence-corrected chi connectivity index (χ3v) is 5.40. The molecule has 29 heavy (non-hydrogen) atoms. The fourth-order valence-corrected chi connectivity index (χ4v) is 4.17. The third kappa shape index (κ3) is 4.02. The Kier molecular flexibility index (Phi) is 5.74. The highest BCUT2D eigenvalue weighted by molar-refractivity contribution is 8.16. The van der Waals surface area contributed by atoms with E-state index in [1.165, 1.54) is 31.0 Å². The van der Waals surface area contributed by atoms with Gasteiger partial charge in [0.05, 0.1) is 36.4 Å². The number of benzene rings is 1. The SMILES string of the molecule is CCC1=C(C(=O)OC)C(c2ccc(C(F)(F)F)cc2)N2C(CC(=O)O)=CSC2=N1. The van der Waals surface area contributed by atoms with Crippen LogP contribution in [0, 0.1) is 0 Å². The number of rotatable bonds is 5. The molecule has 0 aliphatic carbocycles. The number of esters is 1. The van der Waals surface area contributed by atoms with Gasteiger partial charge in [0.25, 0.3) is 0 Å². The number of halogens is 3. The van der Waals surface area contributed by atoms with Crippen LogP contribution in [0.4, 0.5) is 13.2 Å². The third-order valence-electron chi connectivity index (χ3n) is 4.52. The number of alkyl halides is 3. The van der Waals surface area contributed by atoms with E-state index in [0.717, 1.165) is 12.1 Å². The number of ether oxygens (including phenoxy) is 1. The van der Waals surface area contributed by atoms with Crippen molar-refractivity contribution in [2.75, 3.05) is 7.11 Å². The maximum Gasteiger partial charge on any atom is 0.416 e. The number of carbonyl (C=O) groups is 2. The van der Waals surface area contributed by atoms with Crippen LogP contribution in [0.2, 0.25) is 0 Å². The zero-order valence-corrected chi connectivity index (χ0v) is 16.3. The molecule has 0 saturated heterocycles. The van der Waals surface area contributed by atoms with Crippen LogP contribution in [0.25, 0.3) is 0 Å². The molecule has 154 valence electrons. The van der Waals surface area contributed by atoms with Crippen LogP contribution in [-0.4, -0.2) is 34.2 Å². The summed E-state index contributed by atoms with van der Waals surface area (Å²) in [6.45, 7) is 1.80. The Morgan fingerprint density at radius 2 is 1.93 bits per heavy atom. The molecular weight excluding hydrogens is 409 g/mol. The smallest absolute Gasteiger partial charge is 0.416 e. The zero-order valence-electron chi connectivity index (χ0n) is 15.5. The van der Waals surface area contributed by atoms with Crippen molar-refractivity contribution in [1.29, 1.82) is 0 Å². The Labute approximate surface area is 168 Å².